The van der Waals surface area contributed by atoms with Gasteiger partial charge in [-0.1, -0.05) is 29.3 Å². The second-order valence-corrected chi connectivity index (χ2v) is 4.08. The van der Waals surface area contributed by atoms with Crippen LogP contribution in [0.3, 0.4) is 0 Å². The maximum absolute atomic E-state index is 11.5. The van der Waals surface area contributed by atoms with Gasteiger partial charge in [-0.3, -0.25) is 0 Å². The van der Waals surface area contributed by atoms with Gasteiger partial charge in [-0.15, -0.1) is 0 Å². The van der Waals surface area contributed by atoms with Gasteiger partial charge in [0.1, 0.15) is 0 Å². The first kappa shape index (κ1) is 14.6. The average molecular weight is 293 g/mol. The number of carboxylic acid groups (broad SMARTS) is 1. The van der Waals surface area contributed by atoms with Crippen molar-refractivity contribution in [3.63, 3.8) is 0 Å². The molecule has 0 aromatic heterocycles. The van der Waals surface area contributed by atoms with Crippen LogP contribution in [0, 0.1) is 0 Å². The van der Waals surface area contributed by atoms with E-state index in [0.29, 0.717) is 0 Å². The number of carbonyl (C=O) groups is 2. The lowest BCUT2D eigenvalue weighted by Gasteiger charge is -2.14. The van der Waals surface area contributed by atoms with Crippen LogP contribution in [0.15, 0.2) is 18.2 Å². The number of halogens is 2. The molecule has 98 valence electrons. The van der Waals surface area contributed by atoms with E-state index in [1.54, 1.807) is 6.07 Å². The molecule has 18 heavy (non-hydrogen) atoms. The highest BCUT2D eigenvalue weighted by molar-refractivity contribution is 6.39. The minimum atomic E-state index is -1.40. The number of benzene rings is 1. The molecule has 1 atom stereocenters. The van der Waals surface area contributed by atoms with Crippen molar-refractivity contribution in [2.24, 2.45) is 0 Å². The molecule has 0 bridgehead atoms. The first-order valence-corrected chi connectivity index (χ1v) is 5.56. The first-order chi connectivity index (χ1) is 8.45. The van der Waals surface area contributed by atoms with Gasteiger partial charge in [0.05, 0.1) is 22.3 Å². The van der Waals surface area contributed by atoms with E-state index in [9.17, 15) is 9.59 Å². The number of para-hydroxylation sites is 1. The highest BCUT2D eigenvalue weighted by Crippen LogP contribution is 2.29. The molecule has 4 N–H and O–H groups in total. The van der Waals surface area contributed by atoms with Crippen LogP contribution in [0.5, 0.6) is 0 Å². The van der Waals surface area contributed by atoms with Crippen molar-refractivity contribution in [3.05, 3.63) is 28.2 Å². The Hall–Kier alpha value is -1.50. The number of hydrogen-bond acceptors (Lipinski definition) is 3. The summed E-state index contributed by atoms with van der Waals surface area (Å²) in [6, 6.07) is 2.41. The van der Waals surface area contributed by atoms with Gasteiger partial charge in [0.2, 0.25) is 0 Å². The number of aliphatic carboxylic acids is 1. The smallest absolute Gasteiger partial charge is 0.328 e. The first-order valence-electron chi connectivity index (χ1n) is 4.81. The average Bonchev–Trinajstić information content (AvgIpc) is 2.30. The summed E-state index contributed by atoms with van der Waals surface area (Å²) in [4.78, 5) is 22.1. The number of aliphatic hydroxyl groups excluding tert-OH is 1. The third-order valence-corrected chi connectivity index (χ3v) is 2.62. The van der Waals surface area contributed by atoms with Crippen LogP contribution < -0.4 is 10.6 Å². The van der Waals surface area contributed by atoms with E-state index in [2.05, 4.69) is 10.6 Å². The van der Waals surface area contributed by atoms with Crippen molar-refractivity contribution < 1.29 is 19.8 Å². The fourth-order valence-corrected chi connectivity index (χ4v) is 1.60. The summed E-state index contributed by atoms with van der Waals surface area (Å²) >= 11 is 11.6. The molecular formula is C10H10Cl2N2O4. The second-order valence-electron chi connectivity index (χ2n) is 3.27. The Labute approximate surface area is 113 Å². The van der Waals surface area contributed by atoms with Crippen LogP contribution in [0.1, 0.15) is 0 Å². The monoisotopic (exact) mass is 292 g/mol. The van der Waals surface area contributed by atoms with Crippen LogP contribution >= 0.6 is 23.2 Å². The van der Waals surface area contributed by atoms with Crippen molar-refractivity contribution in [2.75, 3.05) is 11.9 Å². The summed E-state index contributed by atoms with van der Waals surface area (Å²) in [5.74, 6) is -1.35. The van der Waals surface area contributed by atoms with Gasteiger partial charge in [0, 0.05) is 0 Å². The van der Waals surface area contributed by atoms with Crippen molar-refractivity contribution >= 4 is 40.9 Å². The third-order valence-electron chi connectivity index (χ3n) is 1.99. The summed E-state index contributed by atoms with van der Waals surface area (Å²) < 4.78 is 0. The molecule has 0 spiro atoms. The minimum Gasteiger partial charge on any atom is -0.480 e. The van der Waals surface area contributed by atoms with E-state index in [-0.39, 0.29) is 15.7 Å². The maximum atomic E-state index is 11.5. The summed E-state index contributed by atoms with van der Waals surface area (Å²) in [6.07, 6.45) is 0. The van der Waals surface area contributed by atoms with Gasteiger partial charge in [-0.05, 0) is 12.1 Å². The van der Waals surface area contributed by atoms with Crippen molar-refractivity contribution in [3.8, 4) is 0 Å². The van der Waals surface area contributed by atoms with Crippen LogP contribution in [-0.4, -0.2) is 34.9 Å². The maximum Gasteiger partial charge on any atom is 0.328 e. The molecule has 0 unspecified atom stereocenters. The van der Waals surface area contributed by atoms with E-state index in [1.807, 2.05) is 0 Å². The highest BCUT2D eigenvalue weighted by Gasteiger charge is 2.19. The number of rotatable bonds is 4. The zero-order valence-electron chi connectivity index (χ0n) is 8.98. The molecule has 1 aromatic carbocycles. The normalized spacial score (nSPS) is 11.7. The Morgan fingerprint density at radius 1 is 1.28 bits per heavy atom. The topological polar surface area (TPSA) is 98.7 Å². The highest BCUT2D eigenvalue weighted by atomic mass is 35.5. The number of aliphatic hydroxyl groups is 1. The second kappa shape index (κ2) is 6.44. The van der Waals surface area contributed by atoms with Gasteiger partial charge in [0.25, 0.3) is 0 Å². The number of amides is 2. The SMILES string of the molecule is O=C(Nc1c(Cl)cccc1Cl)N[C@H](CO)C(=O)O. The molecule has 2 amide bonds. The molecule has 0 heterocycles. The Bertz CT molecular complexity index is 447. The largest absolute Gasteiger partial charge is 0.480 e. The van der Waals surface area contributed by atoms with Crippen LogP contribution in [0.4, 0.5) is 10.5 Å². The number of anilines is 1. The summed E-state index contributed by atoms with van der Waals surface area (Å²) in [5, 5.41) is 22.2. The molecule has 0 saturated heterocycles. The molecule has 1 rings (SSSR count). The number of nitrogens with one attached hydrogen (secondary N) is 2. The zero-order chi connectivity index (χ0) is 13.7. The van der Waals surface area contributed by atoms with Crippen LogP contribution in [0.2, 0.25) is 10.0 Å². The van der Waals surface area contributed by atoms with Gasteiger partial charge >= 0.3 is 12.0 Å². The number of urea groups is 1. The Balaban J connectivity index is 2.73. The number of hydrogen-bond donors (Lipinski definition) is 4. The van der Waals surface area contributed by atoms with E-state index in [1.165, 1.54) is 12.1 Å². The lowest BCUT2D eigenvalue weighted by molar-refractivity contribution is -0.140. The van der Waals surface area contributed by atoms with E-state index in [4.69, 9.17) is 33.4 Å². The molecule has 0 aliphatic rings. The fraction of sp³-hybridized carbons (Fsp3) is 0.200. The van der Waals surface area contributed by atoms with Crippen LogP contribution in [-0.2, 0) is 4.79 Å². The van der Waals surface area contributed by atoms with Gasteiger partial charge < -0.3 is 20.8 Å². The Morgan fingerprint density at radius 3 is 2.28 bits per heavy atom. The summed E-state index contributed by atoms with van der Waals surface area (Å²) in [7, 11) is 0. The van der Waals surface area contributed by atoms with Crippen molar-refractivity contribution in [1.82, 2.24) is 5.32 Å². The fourth-order valence-electron chi connectivity index (χ4n) is 1.11. The van der Waals surface area contributed by atoms with Crippen molar-refractivity contribution in [2.45, 2.75) is 6.04 Å². The molecule has 6 nitrogen and oxygen atoms in total. The van der Waals surface area contributed by atoms with Gasteiger partial charge in [-0.25, -0.2) is 9.59 Å². The van der Waals surface area contributed by atoms with E-state index >= 15 is 0 Å². The number of carboxylic acids is 1. The molecule has 1 aromatic rings. The third kappa shape index (κ3) is 3.76. The van der Waals surface area contributed by atoms with Crippen LogP contribution in [0.25, 0.3) is 0 Å². The zero-order valence-corrected chi connectivity index (χ0v) is 10.5. The predicted molar refractivity (Wildman–Crippen MR) is 67.1 cm³/mol. The van der Waals surface area contributed by atoms with Gasteiger partial charge in [0.15, 0.2) is 6.04 Å². The summed E-state index contributed by atoms with van der Waals surface area (Å²) in [5.41, 5.74) is 0.167. The molecule has 8 heteroatoms. The Morgan fingerprint density at radius 2 is 1.83 bits per heavy atom. The molecule has 0 saturated carbocycles. The molecule has 0 radical (unpaired) electrons. The predicted octanol–water partition coefficient (Wildman–Crippen LogP) is 1.56. The molecule has 0 aliphatic carbocycles. The quantitative estimate of drug-likeness (QED) is 0.677. The Kier molecular flexibility index (Phi) is 5.21. The number of carbonyl (C=O) groups excluding carboxylic acids is 1. The molecular weight excluding hydrogens is 283 g/mol. The lowest BCUT2D eigenvalue weighted by atomic mass is 10.3. The molecule has 0 aliphatic heterocycles. The minimum absolute atomic E-state index is 0.167. The molecule has 0 fully saturated rings. The van der Waals surface area contributed by atoms with Crippen molar-refractivity contribution in [1.29, 1.82) is 0 Å². The van der Waals surface area contributed by atoms with E-state index in [0.717, 1.165) is 0 Å². The van der Waals surface area contributed by atoms with E-state index < -0.39 is 24.6 Å². The standard InChI is InChI=1S/C10H10Cl2N2O4/c11-5-2-1-3-6(12)8(5)14-10(18)13-7(4-15)9(16)17/h1-3,7,15H,4H2,(H,16,17)(H2,13,14,18)/t7-/m1/s1. The summed E-state index contributed by atoms with van der Waals surface area (Å²) in [6.45, 7) is -0.723. The van der Waals surface area contributed by atoms with Gasteiger partial charge in [-0.2, -0.15) is 0 Å². The lowest BCUT2D eigenvalue weighted by Crippen LogP contribution is -2.45.